The van der Waals surface area contributed by atoms with Gasteiger partial charge in [-0.1, -0.05) is 23.2 Å². The Morgan fingerprint density at radius 3 is 2.56 bits per heavy atom. The molecule has 1 amide bonds. The minimum Gasteiger partial charge on any atom is -0.372 e. The number of nitrogens with zero attached hydrogens (tertiary/aromatic N) is 2. The maximum Gasteiger partial charge on any atom is 0.274 e. The third kappa shape index (κ3) is 2.94. The number of carbonyl (C=O) groups is 1. The summed E-state index contributed by atoms with van der Waals surface area (Å²) in [7, 11) is 0. The molecule has 0 spiro atoms. The van der Waals surface area contributed by atoms with Crippen LogP contribution in [0.2, 0.25) is 10.2 Å². The smallest absolute Gasteiger partial charge is 0.274 e. The van der Waals surface area contributed by atoms with Gasteiger partial charge in [0.05, 0.1) is 17.2 Å². The van der Waals surface area contributed by atoms with E-state index < -0.39 is 0 Å². The molecule has 2 heterocycles. The molecule has 0 radical (unpaired) electrons. The zero-order chi connectivity index (χ0) is 13.3. The highest BCUT2D eigenvalue weighted by atomic mass is 35.5. The average molecular weight is 289 g/mol. The molecule has 1 saturated heterocycles. The first-order valence-electron chi connectivity index (χ1n) is 5.74. The fourth-order valence-corrected chi connectivity index (χ4v) is 2.40. The molecule has 0 saturated carbocycles. The molecule has 1 fully saturated rings. The Labute approximate surface area is 116 Å². The summed E-state index contributed by atoms with van der Waals surface area (Å²) in [4.78, 5) is 18.0. The first-order chi connectivity index (χ1) is 8.47. The number of pyridine rings is 1. The fourth-order valence-electron chi connectivity index (χ4n) is 2.06. The lowest BCUT2D eigenvalue weighted by Gasteiger charge is -2.35. The molecule has 0 bridgehead atoms. The molecular weight excluding hydrogens is 275 g/mol. The number of halogens is 2. The van der Waals surface area contributed by atoms with Gasteiger partial charge in [-0.15, -0.1) is 0 Å². The second kappa shape index (κ2) is 5.43. The zero-order valence-corrected chi connectivity index (χ0v) is 11.7. The molecule has 2 rings (SSSR count). The first kappa shape index (κ1) is 13.6. The molecule has 6 heteroatoms. The van der Waals surface area contributed by atoms with Crippen molar-refractivity contribution in [1.82, 2.24) is 9.88 Å². The molecule has 1 aliphatic heterocycles. The second-order valence-electron chi connectivity index (χ2n) is 4.43. The van der Waals surface area contributed by atoms with E-state index in [0.29, 0.717) is 18.1 Å². The normalized spacial score (nSPS) is 24.1. The third-order valence-electron chi connectivity index (χ3n) is 2.72. The van der Waals surface area contributed by atoms with Gasteiger partial charge in [-0.25, -0.2) is 4.98 Å². The number of carbonyl (C=O) groups excluding carboxylic acids is 1. The summed E-state index contributed by atoms with van der Waals surface area (Å²) in [6.45, 7) is 4.94. The van der Waals surface area contributed by atoms with Gasteiger partial charge in [-0.3, -0.25) is 4.79 Å². The number of hydrogen-bond donors (Lipinski definition) is 0. The molecule has 0 aromatic carbocycles. The van der Waals surface area contributed by atoms with Gasteiger partial charge in [0.25, 0.3) is 5.91 Å². The van der Waals surface area contributed by atoms with Crippen LogP contribution in [0.15, 0.2) is 12.1 Å². The standard InChI is InChI=1S/C12H14Cl2N2O2/c1-7-5-16(6-8(2)18-7)12(17)11-9(13)3-4-10(14)15-11/h3-4,7-8H,5-6H2,1-2H3/t7-,8+. The van der Waals surface area contributed by atoms with Gasteiger partial charge in [-0.05, 0) is 26.0 Å². The molecule has 18 heavy (non-hydrogen) atoms. The maximum atomic E-state index is 12.3. The van der Waals surface area contributed by atoms with E-state index in [1.54, 1.807) is 17.0 Å². The predicted octanol–water partition coefficient (Wildman–Crippen LogP) is 2.64. The number of ether oxygens (including phenoxy) is 1. The lowest BCUT2D eigenvalue weighted by Crippen LogP contribution is -2.48. The van der Waals surface area contributed by atoms with E-state index in [1.807, 2.05) is 13.8 Å². The Bertz CT molecular complexity index is 457. The van der Waals surface area contributed by atoms with Crippen LogP contribution in [0.4, 0.5) is 0 Å². The minimum atomic E-state index is -0.204. The van der Waals surface area contributed by atoms with Gasteiger partial charge < -0.3 is 9.64 Å². The Kier molecular flexibility index (Phi) is 4.10. The van der Waals surface area contributed by atoms with E-state index >= 15 is 0 Å². The van der Waals surface area contributed by atoms with E-state index in [0.717, 1.165) is 0 Å². The number of morpholine rings is 1. The summed E-state index contributed by atoms with van der Waals surface area (Å²) < 4.78 is 5.58. The quantitative estimate of drug-likeness (QED) is 0.746. The lowest BCUT2D eigenvalue weighted by atomic mass is 10.2. The molecule has 2 atom stereocenters. The minimum absolute atomic E-state index is 0.00987. The van der Waals surface area contributed by atoms with Crippen molar-refractivity contribution < 1.29 is 9.53 Å². The summed E-state index contributed by atoms with van der Waals surface area (Å²) in [5, 5.41) is 0.577. The van der Waals surface area contributed by atoms with E-state index in [4.69, 9.17) is 27.9 Å². The van der Waals surface area contributed by atoms with Crippen molar-refractivity contribution in [3.8, 4) is 0 Å². The number of aromatic nitrogens is 1. The molecule has 0 N–H and O–H groups in total. The first-order valence-corrected chi connectivity index (χ1v) is 6.49. The Hall–Kier alpha value is -0.840. The SMILES string of the molecule is C[C@@H]1CN(C(=O)c2nc(Cl)ccc2Cl)C[C@H](C)O1. The zero-order valence-electron chi connectivity index (χ0n) is 10.2. The van der Waals surface area contributed by atoms with Gasteiger partial charge in [0, 0.05) is 13.1 Å². The van der Waals surface area contributed by atoms with E-state index in [1.165, 1.54) is 0 Å². The van der Waals surface area contributed by atoms with Crippen molar-refractivity contribution in [2.45, 2.75) is 26.1 Å². The summed E-state index contributed by atoms with van der Waals surface area (Å²) in [6, 6.07) is 3.14. The van der Waals surface area contributed by atoms with Crippen molar-refractivity contribution in [2.75, 3.05) is 13.1 Å². The van der Waals surface area contributed by atoms with Crippen LogP contribution < -0.4 is 0 Å². The molecule has 98 valence electrons. The fraction of sp³-hybridized carbons (Fsp3) is 0.500. The van der Waals surface area contributed by atoms with Crippen molar-refractivity contribution in [2.24, 2.45) is 0 Å². The van der Waals surface area contributed by atoms with E-state index in [-0.39, 0.29) is 29.0 Å². The molecule has 1 aliphatic rings. The van der Waals surface area contributed by atoms with Gasteiger partial charge in [0.2, 0.25) is 0 Å². The van der Waals surface area contributed by atoms with Crippen LogP contribution >= 0.6 is 23.2 Å². The Morgan fingerprint density at radius 1 is 1.33 bits per heavy atom. The summed E-state index contributed by atoms with van der Waals surface area (Å²) >= 11 is 11.8. The van der Waals surface area contributed by atoms with Crippen LogP contribution in [0.5, 0.6) is 0 Å². The van der Waals surface area contributed by atoms with Crippen molar-refractivity contribution >= 4 is 29.1 Å². The van der Waals surface area contributed by atoms with Crippen LogP contribution in [0.25, 0.3) is 0 Å². The molecule has 0 aliphatic carbocycles. The topological polar surface area (TPSA) is 42.4 Å². The number of amides is 1. The predicted molar refractivity (Wildman–Crippen MR) is 70.2 cm³/mol. The molecule has 0 unspecified atom stereocenters. The van der Waals surface area contributed by atoms with Crippen LogP contribution in [0.1, 0.15) is 24.3 Å². The van der Waals surface area contributed by atoms with Gasteiger partial charge in [0.1, 0.15) is 10.8 Å². The highest BCUT2D eigenvalue weighted by molar-refractivity contribution is 6.34. The lowest BCUT2D eigenvalue weighted by molar-refractivity contribution is -0.0587. The van der Waals surface area contributed by atoms with Crippen LogP contribution in [-0.4, -0.2) is 41.1 Å². The van der Waals surface area contributed by atoms with E-state index in [9.17, 15) is 4.79 Å². The van der Waals surface area contributed by atoms with Crippen molar-refractivity contribution in [3.63, 3.8) is 0 Å². The van der Waals surface area contributed by atoms with Crippen LogP contribution in [0.3, 0.4) is 0 Å². The van der Waals surface area contributed by atoms with Gasteiger partial charge >= 0.3 is 0 Å². The van der Waals surface area contributed by atoms with Crippen molar-refractivity contribution in [3.05, 3.63) is 28.0 Å². The molecule has 1 aromatic rings. The third-order valence-corrected chi connectivity index (χ3v) is 3.24. The highest BCUT2D eigenvalue weighted by Gasteiger charge is 2.28. The Morgan fingerprint density at radius 2 is 1.94 bits per heavy atom. The average Bonchev–Trinajstić information content (AvgIpc) is 2.30. The number of hydrogen-bond acceptors (Lipinski definition) is 3. The van der Waals surface area contributed by atoms with E-state index in [2.05, 4.69) is 4.98 Å². The maximum absolute atomic E-state index is 12.3. The largest absolute Gasteiger partial charge is 0.372 e. The van der Waals surface area contributed by atoms with Crippen LogP contribution in [0, 0.1) is 0 Å². The monoisotopic (exact) mass is 288 g/mol. The highest BCUT2D eigenvalue weighted by Crippen LogP contribution is 2.20. The summed E-state index contributed by atoms with van der Waals surface area (Å²) in [5.41, 5.74) is 0.200. The number of rotatable bonds is 1. The molecular formula is C12H14Cl2N2O2. The van der Waals surface area contributed by atoms with Crippen molar-refractivity contribution in [1.29, 1.82) is 0 Å². The van der Waals surface area contributed by atoms with Crippen LogP contribution in [-0.2, 0) is 4.74 Å². The Balaban J connectivity index is 2.22. The molecule has 1 aromatic heterocycles. The summed E-state index contributed by atoms with van der Waals surface area (Å²) in [6.07, 6.45) is 0.0197. The van der Waals surface area contributed by atoms with Gasteiger partial charge in [-0.2, -0.15) is 0 Å². The molecule has 4 nitrogen and oxygen atoms in total. The summed E-state index contributed by atoms with van der Waals surface area (Å²) in [5.74, 6) is -0.204. The second-order valence-corrected chi connectivity index (χ2v) is 5.23. The van der Waals surface area contributed by atoms with Gasteiger partial charge in [0.15, 0.2) is 0 Å².